The molecule has 0 spiro atoms. The van der Waals surface area contributed by atoms with E-state index in [2.05, 4.69) is 164 Å². The zero-order valence-corrected chi connectivity index (χ0v) is 30.7. The Morgan fingerprint density at radius 3 is 1.69 bits per heavy atom. The molecule has 0 atom stereocenters. The summed E-state index contributed by atoms with van der Waals surface area (Å²) in [7, 11) is 0. The minimum atomic E-state index is -0.0900. The van der Waals surface area contributed by atoms with Crippen LogP contribution in [0.1, 0.15) is 25.0 Å². The summed E-state index contributed by atoms with van der Waals surface area (Å²) in [5.74, 6) is 0.702. The summed E-state index contributed by atoms with van der Waals surface area (Å²) in [5, 5.41) is 2.61. The van der Waals surface area contributed by atoms with Gasteiger partial charge in [0.05, 0.1) is 11.4 Å². The molecule has 0 aliphatic heterocycles. The molecule has 55 heavy (non-hydrogen) atoms. The van der Waals surface area contributed by atoms with Crippen molar-refractivity contribution in [3.05, 3.63) is 199 Å². The minimum Gasteiger partial charge on any atom is -0.265 e. The number of pyridine rings is 1. The normalized spacial score (nSPS) is 12.7. The molecule has 0 fully saturated rings. The van der Waals surface area contributed by atoms with Crippen molar-refractivity contribution in [2.75, 3.05) is 0 Å². The minimum absolute atomic E-state index is 0.0900. The summed E-state index contributed by atoms with van der Waals surface area (Å²) in [6.45, 7) is 4.72. The van der Waals surface area contributed by atoms with Crippen LogP contribution in [0.4, 0.5) is 0 Å². The molecule has 0 unspecified atom stereocenters. The molecule has 0 saturated carbocycles. The predicted molar refractivity (Wildman–Crippen MR) is 228 cm³/mol. The number of rotatable bonds is 6. The van der Waals surface area contributed by atoms with Gasteiger partial charge in [-0.2, -0.15) is 0 Å². The van der Waals surface area contributed by atoms with Crippen LogP contribution in [-0.4, -0.2) is 15.0 Å². The Morgan fingerprint density at radius 2 is 0.945 bits per heavy atom. The SMILES string of the molecule is CC1(C)c2cc(-c3cccc(-c4cccc(-c5cc(-c6ccc(-c7ccncc7)cc6)nc(-c6ccccc6)n5)c4)c3)ccc2-c2c1ccc1ccccc21. The third-order valence-electron chi connectivity index (χ3n) is 11.2. The maximum absolute atomic E-state index is 5.13. The van der Waals surface area contributed by atoms with E-state index in [1.165, 1.54) is 44.2 Å². The molecule has 1 aliphatic carbocycles. The fourth-order valence-corrected chi connectivity index (χ4v) is 8.26. The number of fused-ring (bicyclic) bond motifs is 5. The molecule has 1 aliphatic rings. The topological polar surface area (TPSA) is 38.7 Å². The summed E-state index contributed by atoms with van der Waals surface area (Å²) in [6.07, 6.45) is 3.65. The van der Waals surface area contributed by atoms with E-state index in [4.69, 9.17) is 9.97 Å². The molecule has 0 radical (unpaired) electrons. The molecular weight excluding hydrogens is 667 g/mol. The van der Waals surface area contributed by atoms with E-state index in [1.807, 2.05) is 42.7 Å². The van der Waals surface area contributed by atoms with Crippen LogP contribution in [0.5, 0.6) is 0 Å². The number of hydrogen-bond acceptors (Lipinski definition) is 3. The molecule has 7 aromatic carbocycles. The average Bonchev–Trinajstić information content (AvgIpc) is 3.49. The van der Waals surface area contributed by atoms with Crippen LogP contribution in [-0.2, 0) is 5.41 Å². The van der Waals surface area contributed by atoms with Gasteiger partial charge < -0.3 is 0 Å². The van der Waals surface area contributed by atoms with Crippen molar-refractivity contribution in [2.24, 2.45) is 0 Å². The average molecular weight is 704 g/mol. The van der Waals surface area contributed by atoms with Crippen LogP contribution in [0.15, 0.2) is 188 Å². The van der Waals surface area contributed by atoms with Crippen molar-refractivity contribution in [3.63, 3.8) is 0 Å². The van der Waals surface area contributed by atoms with Crippen LogP contribution in [0.25, 0.3) is 89.2 Å². The molecule has 260 valence electrons. The van der Waals surface area contributed by atoms with Crippen LogP contribution in [0.3, 0.4) is 0 Å². The Hall–Kier alpha value is -6.97. The fraction of sp³-hybridized carbons (Fsp3) is 0.0577. The lowest BCUT2D eigenvalue weighted by atomic mass is 9.81. The molecule has 2 heterocycles. The summed E-state index contributed by atoms with van der Waals surface area (Å²) in [6, 6.07) is 63.0. The van der Waals surface area contributed by atoms with Crippen molar-refractivity contribution >= 4 is 10.8 Å². The van der Waals surface area contributed by atoms with Gasteiger partial charge in [-0.25, -0.2) is 9.97 Å². The third-order valence-corrected chi connectivity index (χ3v) is 11.2. The summed E-state index contributed by atoms with van der Waals surface area (Å²) < 4.78 is 0. The zero-order chi connectivity index (χ0) is 36.9. The largest absolute Gasteiger partial charge is 0.265 e. The summed E-state index contributed by atoms with van der Waals surface area (Å²) in [4.78, 5) is 14.4. The van der Waals surface area contributed by atoms with Crippen molar-refractivity contribution in [1.82, 2.24) is 15.0 Å². The van der Waals surface area contributed by atoms with Crippen LogP contribution in [0.2, 0.25) is 0 Å². The van der Waals surface area contributed by atoms with E-state index in [1.54, 1.807) is 0 Å². The molecule has 0 N–H and O–H groups in total. The third kappa shape index (κ3) is 5.82. The lowest BCUT2D eigenvalue weighted by Gasteiger charge is -2.22. The van der Waals surface area contributed by atoms with Gasteiger partial charge in [0.25, 0.3) is 0 Å². The highest BCUT2D eigenvalue weighted by Crippen LogP contribution is 2.52. The highest BCUT2D eigenvalue weighted by Gasteiger charge is 2.36. The van der Waals surface area contributed by atoms with Gasteiger partial charge in [0.2, 0.25) is 0 Å². The van der Waals surface area contributed by atoms with Gasteiger partial charge in [-0.15, -0.1) is 0 Å². The van der Waals surface area contributed by atoms with Crippen molar-refractivity contribution in [1.29, 1.82) is 0 Å². The van der Waals surface area contributed by atoms with Crippen LogP contribution < -0.4 is 0 Å². The van der Waals surface area contributed by atoms with Gasteiger partial charge >= 0.3 is 0 Å². The maximum Gasteiger partial charge on any atom is 0.160 e. The van der Waals surface area contributed by atoms with Gasteiger partial charge in [-0.3, -0.25) is 4.98 Å². The Balaban J connectivity index is 1.02. The lowest BCUT2D eigenvalue weighted by molar-refractivity contribution is 0.661. The first-order valence-corrected chi connectivity index (χ1v) is 18.8. The van der Waals surface area contributed by atoms with E-state index in [-0.39, 0.29) is 5.41 Å². The maximum atomic E-state index is 5.13. The Bertz CT molecular complexity index is 2870. The molecule has 10 rings (SSSR count). The molecule has 0 amide bonds. The van der Waals surface area contributed by atoms with E-state index in [9.17, 15) is 0 Å². The van der Waals surface area contributed by atoms with E-state index in [0.29, 0.717) is 5.82 Å². The second-order valence-electron chi connectivity index (χ2n) is 14.9. The van der Waals surface area contributed by atoms with Gasteiger partial charge in [0, 0.05) is 34.5 Å². The quantitative estimate of drug-likeness (QED) is 0.173. The van der Waals surface area contributed by atoms with Gasteiger partial charge in [0.15, 0.2) is 5.82 Å². The predicted octanol–water partition coefficient (Wildman–Crippen LogP) is 13.3. The Kier molecular flexibility index (Phi) is 7.81. The highest BCUT2D eigenvalue weighted by atomic mass is 14.9. The molecule has 9 aromatic rings. The molecule has 2 aromatic heterocycles. The number of hydrogen-bond donors (Lipinski definition) is 0. The second-order valence-corrected chi connectivity index (χ2v) is 14.9. The van der Waals surface area contributed by atoms with E-state index >= 15 is 0 Å². The highest BCUT2D eigenvalue weighted by molar-refractivity contribution is 6.02. The van der Waals surface area contributed by atoms with Gasteiger partial charge in [0.1, 0.15) is 0 Å². The Morgan fingerprint density at radius 1 is 0.382 bits per heavy atom. The number of aromatic nitrogens is 3. The van der Waals surface area contributed by atoms with Crippen molar-refractivity contribution in [3.8, 4) is 78.4 Å². The van der Waals surface area contributed by atoms with Crippen molar-refractivity contribution < 1.29 is 0 Å². The molecule has 0 saturated heterocycles. The fourth-order valence-electron chi connectivity index (χ4n) is 8.26. The van der Waals surface area contributed by atoms with Crippen LogP contribution >= 0.6 is 0 Å². The van der Waals surface area contributed by atoms with Crippen molar-refractivity contribution in [2.45, 2.75) is 19.3 Å². The first-order valence-electron chi connectivity index (χ1n) is 18.8. The molecule has 3 heteroatoms. The summed E-state index contributed by atoms with van der Waals surface area (Å²) >= 11 is 0. The zero-order valence-electron chi connectivity index (χ0n) is 30.7. The van der Waals surface area contributed by atoms with Gasteiger partial charge in [-0.1, -0.05) is 153 Å². The van der Waals surface area contributed by atoms with Gasteiger partial charge in [-0.05, 0) is 103 Å². The molecule has 3 nitrogen and oxygen atoms in total. The standard InChI is InChI=1S/C52H37N3/c1-52(2)46-25-23-36-10-6-7-17-44(36)50(46)45-24-22-42(32-47(45)52)40-14-8-13-39(30-40)41-15-9-16-43(31-41)49-33-48(54-51(55-49)38-11-4-3-5-12-38)37-20-18-34(19-21-37)35-26-28-53-29-27-35/h3-33H,1-2H3. The molecule has 0 bridgehead atoms. The van der Waals surface area contributed by atoms with E-state index < -0.39 is 0 Å². The Labute approximate surface area is 321 Å². The number of benzene rings is 7. The smallest absolute Gasteiger partial charge is 0.160 e. The van der Waals surface area contributed by atoms with E-state index in [0.717, 1.165) is 50.3 Å². The number of nitrogens with zero attached hydrogens (tertiary/aromatic N) is 3. The first-order chi connectivity index (χ1) is 27.0. The molecular formula is C52H37N3. The first kappa shape index (κ1) is 32.7. The second kappa shape index (κ2) is 13.2. The summed E-state index contributed by atoms with van der Waals surface area (Å²) in [5.41, 5.74) is 17.2. The monoisotopic (exact) mass is 703 g/mol. The lowest BCUT2D eigenvalue weighted by Crippen LogP contribution is -2.15. The van der Waals surface area contributed by atoms with Crippen LogP contribution in [0, 0.1) is 0 Å².